The highest BCUT2D eigenvalue weighted by molar-refractivity contribution is 9.10. The highest BCUT2D eigenvalue weighted by Crippen LogP contribution is 2.15. The van der Waals surface area contributed by atoms with Crippen molar-refractivity contribution in [2.24, 2.45) is 0 Å². The van der Waals surface area contributed by atoms with Crippen LogP contribution in [0.25, 0.3) is 0 Å². The van der Waals surface area contributed by atoms with Crippen molar-refractivity contribution in [3.8, 4) is 0 Å². The molecule has 2 aromatic rings. The number of aromatic nitrogens is 1. The number of benzene rings is 1. The van der Waals surface area contributed by atoms with Crippen molar-refractivity contribution in [3.05, 3.63) is 64.4 Å². The zero-order valence-corrected chi connectivity index (χ0v) is 13.2. The van der Waals surface area contributed by atoms with Crippen LogP contribution in [-0.2, 0) is 17.9 Å². The van der Waals surface area contributed by atoms with E-state index in [1.54, 1.807) is 12.4 Å². The minimum absolute atomic E-state index is 0.138. The summed E-state index contributed by atoms with van der Waals surface area (Å²) >= 11 is 3.46. The molecule has 0 aliphatic rings. The molecule has 1 aromatic heterocycles. The molecule has 0 atom stereocenters. The number of carbonyl (C=O) groups is 1. The molecule has 0 spiro atoms. The lowest BCUT2D eigenvalue weighted by atomic mass is 10.2. The van der Waals surface area contributed by atoms with Crippen molar-refractivity contribution in [1.82, 2.24) is 9.88 Å². The van der Waals surface area contributed by atoms with E-state index in [1.165, 1.54) is 0 Å². The van der Waals surface area contributed by atoms with Crippen LogP contribution in [0.4, 0.5) is 0 Å². The van der Waals surface area contributed by atoms with Gasteiger partial charge in [0.05, 0.1) is 6.42 Å². The molecule has 0 amide bonds. The van der Waals surface area contributed by atoms with Crippen LogP contribution in [0.5, 0.6) is 0 Å². The molecule has 1 aromatic carbocycles. The van der Waals surface area contributed by atoms with E-state index in [0.29, 0.717) is 13.1 Å². The summed E-state index contributed by atoms with van der Waals surface area (Å²) < 4.78 is 1.03. The van der Waals surface area contributed by atoms with E-state index in [9.17, 15) is 4.79 Å². The summed E-state index contributed by atoms with van der Waals surface area (Å²) in [5.41, 5.74) is 2.29. The number of carboxylic acids is 1. The lowest BCUT2D eigenvalue weighted by molar-refractivity contribution is -0.137. The molecule has 0 aliphatic heterocycles. The van der Waals surface area contributed by atoms with Gasteiger partial charge in [0.2, 0.25) is 0 Å². The second kappa shape index (κ2) is 7.90. The number of aliphatic carboxylic acids is 1. The van der Waals surface area contributed by atoms with E-state index < -0.39 is 5.97 Å². The number of hydrogen-bond donors (Lipinski definition) is 1. The van der Waals surface area contributed by atoms with Crippen LogP contribution in [-0.4, -0.2) is 27.5 Å². The van der Waals surface area contributed by atoms with Crippen molar-refractivity contribution in [2.45, 2.75) is 19.5 Å². The summed E-state index contributed by atoms with van der Waals surface area (Å²) in [7, 11) is 0. The lowest BCUT2D eigenvalue weighted by Gasteiger charge is -2.22. The standard InChI is InChI=1S/C16H17BrN2O2/c17-15-3-1-2-14(10-15)12-19(9-6-16(20)21)11-13-4-7-18-8-5-13/h1-5,7-8,10H,6,9,11-12H2,(H,20,21). The molecule has 0 aliphatic carbocycles. The van der Waals surface area contributed by atoms with E-state index >= 15 is 0 Å². The predicted molar refractivity (Wildman–Crippen MR) is 84.7 cm³/mol. The third-order valence-electron chi connectivity index (χ3n) is 3.09. The minimum atomic E-state index is -0.774. The van der Waals surface area contributed by atoms with Gasteiger partial charge >= 0.3 is 5.97 Å². The second-order valence-corrected chi connectivity index (χ2v) is 5.76. The summed E-state index contributed by atoms with van der Waals surface area (Å²) in [6.07, 6.45) is 3.65. The fourth-order valence-corrected chi connectivity index (χ4v) is 2.55. The molecular weight excluding hydrogens is 332 g/mol. The fourth-order valence-electron chi connectivity index (χ4n) is 2.11. The van der Waals surface area contributed by atoms with Gasteiger partial charge in [-0.25, -0.2) is 0 Å². The Balaban J connectivity index is 2.06. The van der Waals surface area contributed by atoms with Gasteiger partial charge in [-0.05, 0) is 35.4 Å². The van der Waals surface area contributed by atoms with Crippen LogP contribution < -0.4 is 0 Å². The Morgan fingerprint density at radius 2 is 1.86 bits per heavy atom. The number of rotatable bonds is 7. The van der Waals surface area contributed by atoms with Gasteiger partial charge in [-0.1, -0.05) is 28.1 Å². The topological polar surface area (TPSA) is 53.4 Å². The van der Waals surface area contributed by atoms with Crippen LogP contribution in [0.3, 0.4) is 0 Å². The van der Waals surface area contributed by atoms with Gasteiger partial charge in [-0.3, -0.25) is 14.7 Å². The Kier molecular flexibility index (Phi) is 5.90. The molecule has 0 unspecified atom stereocenters. The number of pyridine rings is 1. The Morgan fingerprint density at radius 3 is 2.52 bits per heavy atom. The molecule has 1 heterocycles. The molecule has 0 fully saturated rings. The van der Waals surface area contributed by atoms with Crippen LogP contribution >= 0.6 is 15.9 Å². The first-order chi connectivity index (χ1) is 10.1. The molecule has 110 valence electrons. The van der Waals surface area contributed by atoms with Gasteiger partial charge in [0.1, 0.15) is 0 Å². The predicted octanol–water partition coefficient (Wildman–Crippen LogP) is 3.32. The normalized spacial score (nSPS) is 10.8. The van der Waals surface area contributed by atoms with Crippen molar-refractivity contribution in [2.75, 3.05) is 6.54 Å². The molecule has 1 N–H and O–H groups in total. The van der Waals surface area contributed by atoms with Gasteiger partial charge in [0.15, 0.2) is 0 Å². The third-order valence-corrected chi connectivity index (χ3v) is 3.59. The van der Waals surface area contributed by atoms with Gasteiger partial charge in [0, 0.05) is 36.5 Å². The van der Waals surface area contributed by atoms with Gasteiger partial charge in [-0.15, -0.1) is 0 Å². The van der Waals surface area contributed by atoms with E-state index in [1.807, 2.05) is 30.3 Å². The Morgan fingerprint density at radius 1 is 1.14 bits per heavy atom. The van der Waals surface area contributed by atoms with Gasteiger partial charge in [-0.2, -0.15) is 0 Å². The van der Waals surface area contributed by atoms with Crippen LogP contribution in [0.15, 0.2) is 53.3 Å². The molecule has 21 heavy (non-hydrogen) atoms. The second-order valence-electron chi connectivity index (χ2n) is 4.84. The number of hydrogen-bond acceptors (Lipinski definition) is 3. The highest BCUT2D eigenvalue weighted by atomic mass is 79.9. The van der Waals surface area contributed by atoms with Crippen molar-refractivity contribution >= 4 is 21.9 Å². The summed E-state index contributed by atoms with van der Waals surface area (Å²) in [5.74, 6) is -0.774. The SMILES string of the molecule is O=C(O)CCN(Cc1ccncc1)Cc1cccc(Br)c1. The molecule has 0 bridgehead atoms. The lowest BCUT2D eigenvalue weighted by Crippen LogP contribution is -2.25. The first-order valence-electron chi connectivity index (χ1n) is 6.71. The summed E-state index contributed by atoms with van der Waals surface area (Å²) in [6.45, 7) is 1.95. The van der Waals surface area contributed by atoms with Crippen molar-refractivity contribution < 1.29 is 9.90 Å². The van der Waals surface area contributed by atoms with E-state index in [2.05, 4.69) is 31.9 Å². The fraction of sp³-hybridized carbons (Fsp3) is 0.250. The molecule has 4 nitrogen and oxygen atoms in total. The molecule has 5 heteroatoms. The zero-order chi connectivity index (χ0) is 15.1. The largest absolute Gasteiger partial charge is 0.481 e. The Labute approximate surface area is 132 Å². The Hall–Kier alpha value is -1.72. The minimum Gasteiger partial charge on any atom is -0.481 e. The highest BCUT2D eigenvalue weighted by Gasteiger charge is 2.09. The number of carboxylic acid groups (broad SMARTS) is 1. The summed E-state index contributed by atoms with van der Waals surface area (Å²) in [4.78, 5) is 17.0. The quantitative estimate of drug-likeness (QED) is 0.833. The molecule has 2 rings (SSSR count). The van der Waals surface area contributed by atoms with E-state index in [4.69, 9.17) is 5.11 Å². The smallest absolute Gasteiger partial charge is 0.304 e. The number of nitrogens with zero attached hydrogens (tertiary/aromatic N) is 2. The van der Waals surface area contributed by atoms with Gasteiger partial charge in [0.25, 0.3) is 0 Å². The van der Waals surface area contributed by atoms with Crippen molar-refractivity contribution in [3.63, 3.8) is 0 Å². The third kappa shape index (κ3) is 5.65. The Bertz CT molecular complexity index is 590. The molecular formula is C16H17BrN2O2. The first kappa shape index (κ1) is 15.7. The maximum atomic E-state index is 10.8. The van der Waals surface area contributed by atoms with E-state index in [0.717, 1.165) is 22.1 Å². The number of halogens is 1. The van der Waals surface area contributed by atoms with E-state index in [-0.39, 0.29) is 6.42 Å². The van der Waals surface area contributed by atoms with Gasteiger partial charge < -0.3 is 5.11 Å². The molecule has 0 radical (unpaired) electrons. The average molecular weight is 349 g/mol. The summed E-state index contributed by atoms with van der Waals surface area (Å²) in [5, 5.41) is 8.89. The van der Waals surface area contributed by atoms with Crippen LogP contribution in [0.1, 0.15) is 17.5 Å². The van der Waals surface area contributed by atoms with Crippen LogP contribution in [0, 0.1) is 0 Å². The monoisotopic (exact) mass is 348 g/mol. The summed E-state index contributed by atoms with van der Waals surface area (Å²) in [6, 6.07) is 12.0. The maximum Gasteiger partial charge on any atom is 0.304 e. The maximum absolute atomic E-state index is 10.8. The first-order valence-corrected chi connectivity index (χ1v) is 7.50. The molecule has 0 saturated carbocycles. The van der Waals surface area contributed by atoms with Crippen molar-refractivity contribution in [1.29, 1.82) is 0 Å². The zero-order valence-electron chi connectivity index (χ0n) is 11.6. The average Bonchev–Trinajstić information content (AvgIpc) is 2.46. The van der Waals surface area contributed by atoms with Crippen LogP contribution in [0.2, 0.25) is 0 Å². The molecule has 0 saturated heterocycles.